The molecule has 3 aliphatic heterocycles. The Balaban J connectivity index is 1.72. The van der Waals surface area contributed by atoms with Gasteiger partial charge in [0.15, 0.2) is 25.2 Å². The maximum Gasteiger partial charge on any atom is 0.187 e. The van der Waals surface area contributed by atoms with Crippen molar-refractivity contribution in [2.45, 2.75) is 117 Å². The monoisotopic (exact) mass is 666 g/mol. The molecular weight excluding hydrogens is 624 g/mol. The van der Waals surface area contributed by atoms with Gasteiger partial charge < -0.3 is 105 Å². The summed E-state index contributed by atoms with van der Waals surface area (Å²) < 4.78 is 32.3. The van der Waals surface area contributed by atoms with Crippen molar-refractivity contribution < 1.29 is 105 Å². The first-order valence-corrected chi connectivity index (χ1v) is 13.9. The van der Waals surface area contributed by atoms with E-state index in [0.29, 0.717) is 0 Å². The third-order valence-corrected chi connectivity index (χ3v) is 7.76. The molecule has 21 heteroatoms. The van der Waals surface area contributed by atoms with Gasteiger partial charge in [0.05, 0.1) is 26.4 Å². The van der Waals surface area contributed by atoms with Crippen LogP contribution in [-0.2, 0) is 33.2 Å². The fourth-order valence-corrected chi connectivity index (χ4v) is 5.09. The van der Waals surface area contributed by atoms with E-state index in [9.17, 15) is 76.3 Å². The Kier molecular flexibility index (Phi) is 14.3. The Hall–Kier alpha value is -1.13. The quantitative estimate of drug-likeness (QED) is 0.0765. The number of hydrogen-bond donors (Lipinski definition) is 14. The van der Waals surface area contributed by atoms with Gasteiger partial charge in [0.1, 0.15) is 97.7 Å². The van der Waals surface area contributed by atoms with E-state index in [2.05, 4.69) is 0 Å². The highest BCUT2D eigenvalue weighted by molar-refractivity contribution is 5.56. The summed E-state index contributed by atoms with van der Waals surface area (Å²) in [7, 11) is 0. The second-order valence-corrected chi connectivity index (χ2v) is 10.8. The summed E-state index contributed by atoms with van der Waals surface area (Å²) >= 11 is 0. The molecule has 0 unspecified atom stereocenters. The molecule has 0 saturated carbocycles. The summed E-state index contributed by atoms with van der Waals surface area (Å²) in [5, 5.41) is 141. The fourth-order valence-electron chi connectivity index (χ4n) is 5.09. The lowest BCUT2D eigenvalue weighted by Gasteiger charge is -2.48. The minimum Gasteiger partial charge on any atom is -0.394 e. The van der Waals surface area contributed by atoms with Crippen molar-refractivity contribution >= 4 is 6.29 Å². The van der Waals surface area contributed by atoms with E-state index in [1.54, 1.807) is 0 Å². The van der Waals surface area contributed by atoms with Crippen molar-refractivity contribution in [1.82, 2.24) is 0 Å². The van der Waals surface area contributed by atoms with Crippen LogP contribution >= 0.6 is 0 Å². The first kappa shape index (κ1) is 38.3. The number of hydrogen-bond acceptors (Lipinski definition) is 21. The summed E-state index contributed by atoms with van der Waals surface area (Å²) in [5.41, 5.74) is 0. The van der Waals surface area contributed by atoms with Gasteiger partial charge in [-0.2, -0.15) is 0 Å². The van der Waals surface area contributed by atoms with E-state index in [1.807, 2.05) is 0 Å². The molecule has 0 spiro atoms. The van der Waals surface area contributed by atoms with Crippen molar-refractivity contribution in [3.8, 4) is 0 Å². The van der Waals surface area contributed by atoms with E-state index in [1.165, 1.54) is 0 Å². The molecule has 0 bridgehead atoms. The predicted molar refractivity (Wildman–Crippen MR) is 135 cm³/mol. The highest BCUT2D eigenvalue weighted by Crippen LogP contribution is 2.33. The van der Waals surface area contributed by atoms with Crippen molar-refractivity contribution in [1.29, 1.82) is 0 Å². The van der Waals surface area contributed by atoms with Crippen molar-refractivity contribution in [2.75, 3.05) is 26.4 Å². The topological polar surface area (TPSA) is 356 Å². The first-order valence-electron chi connectivity index (χ1n) is 13.9. The van der Waals surface area contributed by atoms with E-state index in [-0.39, 0.29) is 6.29 Å². The summed E-state index contributed by atoms with van der Waals surface area (Å²) in [4.78, 5) is 10.9. The van der Waals surface area contributed by atoms with Gasteiger partial charge in [-0.3, -0.25) is 0 Å². The van der Waals surface area contributed by atoms with E-state index in [0.717, 1.165) is 0 Å². The molecule has 0 aromatic rings. The Morgan fingerprint density at radius 1 is 0.578 bits per heavy atom. The summed E-state index contributed by atoms with van der Waals surface area (Å²) in [6.07, 6.45) is -35.6. The van der Waals surface area contributed by atoms with Crippen LogP contribution in [0.5, 0.6) is 0 Å². The van der Waals surface area contributed by atoms with Crippen molar-refractivity contribution in [2.24, 2.45) is 0 Å². The highest BCUT2D eigenvalue weighted by Gasteiger charge is 2.54. The zero-order chi connectivity index (χ0) is 33.7. The van der Waals surface area contributed by atoms with Gasteiger partial charge >= 0.3 is 0 Å². The second kappa shape index (κ2) is 16.8. The van der Waals surface area contributed by atoms with E-state index in [4.69, 9.17) is 28.4 Å². The molecule has 45 heavy (non-hydrogen) atoms. The summed E-state index contributed by atoms with van der Waals surface area (Å²) in [5.74, 6) is 0. The summed E-state index contributed by atoms with van der Waals surface area (Å²) in [6.45, 7) is -3.71. The lowest BCUT2D eigenvalue weighted by molar-refractivity contribution is -0.383. The molecule has 0 aromatic heterocycles. The van der Waals surface area contributed by atoms with Gasteiger partial charge in [0, 0.05) is 0 Å². The zero-order valence-electron chi connectivity index (χ0n) is 23.5. The van der Waals surface area contributed by atoms with Crippen molar-refractivity contribution in [3.05, 3.63) is 0 Å². The lowest BCUT2D eigenvalue weighted by atomic mass is 9.96. The highest BCUT2D eigenvalue weighted by atomic mass is 16.8. The molecule has 3 rings (SSSR count). The first-order chi connectivity index (χ1) is 21.2. The van der Waals surface area contributed by atoms with Gasteiger partial charge in [0.2, 0.25) is 0 Å². The largest absolute Gasteiger partial charge is 0.394 e. The maximum atomic E-state index is 10.9. The fraction of sp³-hybridized carbons (Fsp3) is 0.958. The van der Waals surface area contributed by atoms with Crippen LogP contribution in [0.3, 0.4) is 0 Å². The molecule has 3 heterocycles. The normalized spacial score (nSPS) is 45.4. The Bertz CT molecular complexity index is 895. The minimum atomic E-state index is -2.14. The van der Waals surface area contributed by atoms with Crippen LogP contribution in [-0.4, -0.2) is 221 Å². The molecule has 0 amide bonds. The number of carbonyl (C=O) groups excluding carboxylic acids is 1. The summed E-state index contributed by atoms with van der Waals surface area (Å²) in [6, 6.07) is 0. The molecular formula is C24H42O21. The van der Waals surface area contributed by atoms with Gasteiger partial charge in [-0.05, 0) is 0 Å². The smallest absolute Gasteiger partial charge is 0.187 e. The molecule has 3 aliphatic rings. The Morgan fingerprint density at radius 2 is 1.00 bits per heavy atom. The average Bonchev–Trinajstić information content (AvgIpc) is 3.04. The van der Waals surface area contributed by atoms with Crippen LogP contribution in [0.4, 0.5) is 0 Å². The molecule has 0 aromatic carbocycles. The Labute approximate surface area is 254 Å². The maximum absolute atomic E-state index is 10.9. The molecule has 3 fully saturated rings. The second-order valence-electron chi connectivity index (χ2n) is 10.8. The standard InChI is InChI=1S/C24H42O21/c25-1-6(30)11(32)19(7(31)2-26)43-23-17(38)14(35)21(9(4-28)41-23)45-24-18(39)15(36)20(10(5-29)42-24)44-22-16(37)13(34)12(33)8(3-27)40-22/h1,6-24,26-39H,2-5H2/t6-,7+,8+,9+,10+,11+,12+,13-,14+,15+,16+,17+,18+,19+,20+,21+,22+,23+,24+/m0/s1. The lowest BCUT2D eigenvalue weighted by Crippen LogP contribution is -2.67. The number of aliphatic hydroxyl groups excluding tert-OH is 14. The SMILES string of the molecule is O=C[C@H](O)[C@@H](O)[C@H](O[C@H]1O[C@H](CO)[C@@H](O[C@H]2O[C@H](CO)[C@@H](O[C@H]3O[C@H](CO)[C@@H](O)[C@H](O)[C@H]3O)[C@H](O)[C@H]2O)[C@H](O)[C@H]1O)[C@H](O)CO. The number of ether oxygens (including phenoxy) is 6. The van der Waals surface area contributed by atoms with Crippen LogP contribution in [0.15, 0.2) is 0 Å². The molecule has 264 valence electrons. The third-order valence-electron chi connectivity index (χ3n) is 7.76. The predicted octanol–water partition coefficient (Wildman–Crippen LogP) is -9.91. The van der Waals surface area contributed by atoms with Gasteiger partial charge in [-0.25, -0.2) is 0 Å². The minimum absolute atomic E-state index is 0.0957. The average molecular weight is 667 g/mol. The van der Waals surface area contributed by atoms with Gasteiger partial charge in [0.25, 0.3) is 0 Å². The number of aliphatic hydroxyl groups is 14. The molecule has 0 aliphatic carbocycles. The van der Waals surface area contributed by atoms with Crippen LogP contribution in [0.1, 0.15) is 0 Å². The zero-order valence-corrected chi connectivity index (χ0v) is 23.5. The van der Waals surface area contributed by atoms with Gasteiger partial charge in [-0.15, -0.1) is 0 Å². The van der Waals surface area contributed by atoms with E-state index < -0.39 is 143 Å². The number of carbonyl (C=O) groups is 1. The Morgan fingerprint density at radius 3 is 1.44 bits per heavy atom. The number of rotatable bonds is 14. The number of aldehydes is 1. The van der Waals surface area contributed by atoms with Crippen LogP contribution in [0.2, 0.25) is 0 Å². The molecule has 3 saturated heterocycles. The molecule has 21 nitrogen and oxygen atoms in total. The third kappa shape index (κ3) is 8.30. The molecule has 19 atom stereocenters. The van der Waals surface area contributed by atoms with Crippen LogP contribution in [0.25, 0.3) is 0 Å². The van der Waals surface area contributed by atoms with Crippen molar-refractivity contribution in [3.63, 3.8) is 0 Å². The van der Waals surface area contributed by atoms with Gasteiger partial charge in [-0.1, -0.05) is 0 Å². The molecule has 14 N–H and O–H groups in total. The van der Waals surface area contributed by atoms with Crippen LogP contribution < -0.4 is 0 Å². The molecule has 0 radical (unpaired) electrons. The van der Waals surface area contributed by atoms with E-state index >= 15 is 0 Å². The van der Waals surface area contributed by atoms with Crippen LogP contribution in [0, 0.1) is 0 Å².